The third kappa shape index (κ3) is 4.04. The second-order valence-electron chi connectivity index (χ2n) is 9.40. The van der Waals surface area contributed by atoms with E-state index in [1.54, 1.807) is 41.3 Å². The Balaban J connectivity index is 1.36. The highest BCUT2D eigenvalue weighted by atomic mass is 32.2. The summed E-state index contributed by atoms with van der Waals surface area (Å²) in [6, 6.07) is 11.9. The molecule has 0 amide bonds. The van der Waals surface area contributed by atoms with Crippen LogP contribution in [0.2, 0.25) is 0 Å². The van der Waals surface area contributed by atoms with Crippen LogP contribution in [0.15, 0.2) is 66.1 Å². The van der Waals surface area contributed by atoms with Crippen LogP contribution in [0.3, 0.4) is 0 Å². The number of aromatic nitrogens is 6. The fourth-order valence-corrected chi connectivity index (χ4v) is 6.50. The van der Waals surface area contributed by atoms with E-state index in [-0.39, 0.29) is 17.5 Å². The lowest BCUT2D eigenvalue weighted by molar-refractivity contribution is 0.0411. The van der Waals surface area contributed by atoms with E-state index in [0.717, 1.165) is 41.4 Å². The first-order valence-corrected chi connectivity index (χ1v) is 12.9. The molecule has 1 aliphatic carbocycles. The molecule has 6 rings (SSSR count). The Morgan fingerprint density at radius 3 is 2.78 bits per heavy atom. The monoisotopic (exact) mass is 503 g/mol. The lowest BCUT2D eigenvalue weighted by atomic mass is 9.60. The van der Waals surface area contributed by atoms with Crippen LogP contribution in [0.25, 0.3) is 5.69 Å². The molecular formula is C26H26FN7OS. The molecule has 4 aromatic rings. The summed E-state index contributed by atoms with van der Waals surface area (Å²) >= 11 is 1.56. The minimum absolute atomic E-state index is 0.0794. The zero-order valence-electron chi connectivity index (χ0n) is 19.9. The van der Waals surface area contributed by atoms with E-state index in [4.69, 9.17) is 0 Å². The summed E-state index contributed by atoms with van der Waals surface area (Å²) in [5.41, 5.74) is 2.87. The van der Waals surface area contributed by atoms with Gasteiger partial charge in [-0.2, -0.15) is 15.0 Å². The average Bonchev–Trinajstić information content (AvgIpc) is 3.54. The van der Waals surface area contributed by atoms with Gasteiger partial charge in [0.2, 0.25) is 0 Å². The molecule has 3 aromatic heterocycles. The van der Waals surface area contributed by atoms with E-state index in [1.165, 1.54) is 12.1 Å². The van der Waals surface area contributed by atoms with Crippen molar-refractivity contribution < 1.29 is 9.18 Å². The summed E-state index contributed by atoms with van der Waals surface area (Å²) < 4.78 is 17.7. The molecule has 1 saturated heterocycles. The molecule has 1 fully saturated rings. The fourth-order valence-electron chi connectivity index (χ4n) is 5.52. The number of hydrogen-bond donors (Lipinski definition) is 0. The molecule has 2 aliphatic rings. The van der Waals surface area contributed by atoms with Crippen molar-refractivity contribution in [2.24, 2.45) is 11.3 Å². The predicted octanol–water partition coefficient (Wildman–Crippen LogP) is 4.01. The normalized spacial score (nSPS) is 21.7. The maximum Gasteiger partial charge on any atom is 0.189 e. The number of rotatable bonds is 6. The number of halogens is 1. The zero-order chi connectivity index (χ0) is 24.7. The Labute approximate surface area is 212 Å². The molecule has 0 spiro atoms. The zero-order valence-corrected chi connectivity index (χ0v) is 20.7. The number of piperidine rings is 1. The van der Waals surface area contributed by atoms with Gasteiger partial charge in [-0.3, -0.25) is 9.78 Å². The number of fused-ring (bicyclic) bond motifs is 2. The number of nitrogens with zero attached hydrogens (tertiary/aromatic N) is 7. The molecule has 0 radical (unpaired) electrons. The van der Waals surface area contributed by atoms with Crippen molar-refractivity contribution in [1.82, 2.24) is 34.1 Å². The highest BCUT2D eigenvalue weighted by Gasteiger charge is 2.53. The lowest BCUT2D eigenvalue weighted by Gasteiger charge is -2.49. The third-order valence-corrected chi connectivity index (χ3v) is 8.25. The van der Waals surface area contributed by atoms with Crippen molar-refractivity contribution in [3.05, 3.63) is 83.8 Å². The smallest absolute Gasteiger partial charge is 0.189 e. The van der Waals surface area contributed by atoms with Gasteiger partial charge in [0.15, 0.2) is 10.8 Å². The SMILES string of the molecule is CCn1ncc(SN2CCC3Cc4c(cnn4-c4ccc(F)cc4)CC3(C(=O)c3ccccn3)C2)n1. The molecule has 0 bridgehead atoms. The van der Waals surface area contributed by atoms with Crippen LogP contribution in [0.5, 0.6) is 0 Å². The van der Waals surface area contributed by atoms with Gasteiger partial charge in [-0.25, -0.2) is 13.4 Å². The van der Waals surface area contributed by atoms with E-state index < -0.39 is 5.41 Å². The maximum atomic E-state index is 14.1. The van der Waals surface area contributed by atoms with E-state index in [9.17, 15) is 9.18 Å². The van der Waals surface area contributed by atoms with Crippen LogP contribution < -0.4 is 0 Å². The number of pyridine rings is 1. The minimum Gasteiger partial charge on any atom is -0.292 e. The summed E-state index contributed by atoms with van der Waals surface area (Å²) in [5, 5.41) is 14.3. The van der Waals surface area contributed by atoms with E-state index in [0.29, 0.717) is 25.2 Å². The van der Waals surface area contributed by atoms with Crippen LogP contribution in [-0.4, -0.2) is 52.9 Å². The first kappa shape index (κ1) is 23.1. The Morgan fingerprint density at radius 2 is 2.03 bits per heavy atom. The Hall–Kier alpha value is -3.37. The quantitative estimate of drug-likeness (QED) is 0.290. The molecule has 4 heterocycles. The molecular weight excluding hydrogens is 477 g/mol. The maximum absolute atomic E-state index is 14.1. The molecule has 1 aliphatic heterocycles. The lowest BCUT2D eigenvalue weighted by Crippen LogP contribution is -2.55. The number of carbonyl (C=O) groups is 1. The van der Waals surface area contributed by atoms with Gasteiger partial charge < -0.3 is 0 Å². The first-order valence-electron chi connectivity index (χ1n) is 12.2. The topological polar surface area (TPSA) is 81.7 Å². The van der Waals surface area contributed by atoms with Crippen molar-refractivity contribution in [1.29, 1.82) is 0 Å². The number of Topliss-reactive ketones (excluding diaryl/α,β-unsaturated/α-hetero) is 1. The summed E-state index contributed by atoms with van der Waals surface area (Å²) in [6.07, 6.45) is 7.50. The van der Waals surface area contributed by atoms with Crippen molar-refractivity contribution in [2.75, 3.05) is 13.1 Å². The van der Waals surface area contributed by atoms with Crippen LogP contribution in [0, 0.1) is 17.2 Å². The Morgan fingerprint density at radius 1 is 1.17 bits per heavy atom. The first-order chi connectivity index (χ1) is 17.6. The predicted molar refractivity (Wildman–Crippen MR) is 133 cm³/mol. The van der Waals surface area contributed by atoms with Gasteiger partial charge in [0.1, 0.15) is 11.5 Å². The number of benzene rings is 1. The molecule has 2 unspecified atom stereocenters. The van der Waals surface area contributed by atoms with E-state index in [1.807, 2.05) is 36.0 Å². The molecule has 36 heavy (non-hydrogen) atoms. The second kappa shape index (κ2) is 9.25. The standard InChI is InChI=1S/C26H26FN7OS/c1-2-33-29-16-24(31-33)36-32-12-10-19-13-23-18(15-30-34(23)21-8-6-20(27)7-9-21)14-26(19,17-32)25(35)22-5-3-4-11-28-22/h3-9,11,15-16,19H,2,10,12-14,17H2,1H3. The van der Waals surface area contributed by atoms with Crippen LogP contribution in [0.4, 0.5) is 4.39 Å². The summed E-state index contributed by atoms with van der Waals surface area (Å²) in [4.78, 5) is 20.2. The van der Waals surface area contributed by atoms with Gasteiger partial charge in [0.25, 0.3) is 0 Å². The molecule has 0 N–H and O–H groups in total. The third-order valence-electron chi connectivity index (χ3n) is 7.31. The fraction of sp³-hybridized carbons (Fsp3) is 0.346. The highest BCUT2D eigenvalue weighted by molar-refractivity contribution is 7.97. The molecule has 1 aromatic carbocycles. The van der Waals surface area contributed by atoms with E-state index in [2.05, 4.69) is 24.6 Å². The number of aryl methyl sites for hydroxylation is 1. The van der Waals surface area contributed by atoms with Gasteiger partial charge in [0.05, 0.1) is 30.0 Å². The van der Waals surface area contributed by atoms with Crippen molar-refractivity contribution in [2.45, 2.75) is 37.8 Å². The van der Waals surface area contributed by atoms with Crippen LogP contribution >= 0.6 is 11.9 Å². The van der Waals surface area contributed by atoms with Crippen molar-refractivity contribution in [3.8, 4) is 5.69 Å². The van der Waals surface area contributed by atoms with Gasteiger partial charge in [-0.15, -0.1) is 5.10 Å². The number of hydrogen-bond acceptors (Lipinski definition) is 7. The number of ketones is 1. The Kier molecular flexibility index (Phi) is 5.93. The molecule has 10 heteroatoms. The van der Waals surface area contributed by atoms with Crippen molar-refractivity contribution >= 4 is 17.7 Å². The van der Waals surface area contributed by atoms with Gasteiger partial charge in [0, 0.05) is 25.0 Å². The molecule has 2 atom stereocenters. The van der Waals surface area contributed by atoms with Crippen LogP contribution in [0.1, 0.15) is 35.1 Å². The van der Waals surface area contributed by atoms with Crippen molar-refractivity contribution in [3.63, 3.8) is 0 Å². The summed E-state index contributed by atoms with van der Waals surface area (Å²) in [5.74, 6) is -0.0574. The number of carbonyl (C=O) groups excluding carboxylic acids is 1. The Bertz CT molecular complexity index is 1390. The second-order valence-corrected chi connectivity index (χ2v) is 10.5. The van der Waals surface area contributed by atoms with E-state index >= 15 is 0 Å². The molecule has 8 nitrogen and oxygen atoms in total. The molecule has 0 saturated carbocycles. The van der Waals surface area contributed by atoms with Gasteiger partial charge >= 0.3 is 0 Å². The van der Waals surface area contributed by atoms with Crippen LogP contribution in [-0.2, 0) is 19.4 Å². The largest absolute Gasteiger partial charge is 0.292 e. The summed E-state index contributed by atoms with van der Waals surface area (Å²) in [6.45, 7) is 4.15. The van der Waals surface area contributed by atoms with Gasteiger partial charge in [-0.05, 0) is 86.0 Å². The minimum atomic E-state index is -0.621. The molecule has 184 valence electrons. The van der Waals surface area contributed by atoms with Gasteiger partial charge in [-0.1, -0.05) is 6.07 Å². The average molecular weight is 504 g/mol. The highest BCUT2D eigenvalue weighted by Crippen LogP contribution is 2.49. The summed E-state index contributed by atoms with van der Waals surface area (Å²) in [7, 11) is 0.